The summed E-state index contributed by atoms with van der Waals surface area (Å²) in [4.78, 5) is 28.3. The number of hydrogen-bond acceptors (Lipinski definition) is 4. The zero-order valence-corrected chi connectivity index (χ0v) is 19.1. The van der Waals surface area contributed by atoms with Crippen molar-refractivity contribution >= 4 is 11.9 Å². The minimum Gasteiger partial charge on any atom is -0.379 e. The van der Waals surface area contributed by atoms with Gasteiger partial charge in [0.1, 0.15) is 5.54 Å². The maximum absolute atomic E-state index is 13.3. The molecule has 0 spiro atoms. The molecule has 2 aromatic carbocycles. The number of carbonyl (C=O) groups is 2. The Bertz CT molecular complexity index is 922. The summed E-state index contributed by atoms with van der Waals surface area (Å²) in [5.74, 6) is -0.101. The highest BCUT2D eigenvalue weighted by Gasteiger charge is 2.42. The average molecular weight is 451 g/mol. The number of carbonyl (C=O) groups excluding carboxylic acids is 2. The SMILES string of the molecule is O=C(NCc1ccccc1)NC1(C(=O)NCc2ccccc2CN2CCOCC2)CCCC1. The molecule has 1 heterocycles. The molecule has 2 aromatic rings. The van der Waals surface area contributed by atoms with Crippen LogP contribution in [0.3, 0.4) is 0 Å². The smallest absolute Gasteiger partial charge is 0.315 e. The molecular formula is C26H34N4O3. The van der Waals surface area contributed by atoms with Crippen molar-refractivity contribution in [1.82, 2.24) is 20.9 Å². The Kier molecular flexibility index (Phi) is 7.96. The van der Waals surface area contributed by atoms with Gasteiger partial charge in [0.25, 0.3) is 0 Å². The van der Waals surface area contributed by atoms with Crippen molar-refractivity contribution in [3.05, 3.63) is 71.3 Å². The predicted molar refractivity (Wildman–Crippen MR) is 127 cm³/mol. The van der Waals surface area contributed by atoms with E-state index in [4.69, 9.17) is 4.74 Å². The second-order valence-electron chi connectivity index (χ2n) is 8.92. The molecule has 2 aliphatic rings. The summed E-state index contributed by atoms with van der Waals surface area (Å²) in [6.07, 6.45) is 3.18. The van der Waals surface area contributed by atoms with Crippen molar-refractivity contribution < 1.29 is 14.3 Å². The Morgan fingerprint density at radius 2 is 1.52 bits per heavy atom. The van der Waals surface area contributed by atoms with Gasteiger partial charge in [0.05, 0.1) is 13.2 Å². The fourth-order valence-corrected chi connectivity index (χ4v) is 4.66. The molecule has 1 aliphatic carbocycles. The topological polar surface area (TPSA) is 82.7 Å². The minimum absolute atomic E-state index is 0.101. The first-order chi connectivity index (χ1) is 16.1. The van der Waals surface area contributed by atoms with E-state index in [0.29, 0.717) is 25.9 Å². The van der Waals surface area contributed by atoms with Crippen LogP contribution in [0.2, 0.25) is 0 Å². The zero-order valence-electron chi connectivity index (χ0n) is 19.1. The van der Waals surface area contributed by atoms with Crippen LogP contribution in [-0.4, -0.2) is 48.7 Å². The molecule has 1 saturated heterocycles. The number of nitrogens with zero attached hydrogens (tertiary/aromatic N) is 1. The molecule has 3 N–H and O–H groups in total. The monoisotopic (exact) mass is 450 g/mol. The van der Waals surface area contributed by atoms with Gasteiger partial charge in [0, 0.05) is 32.7 Å². The van der Waals surface area contributed by atoms with Crippen LogP contribution in [0.15, 0.2) is 54.6 Å². The summed E-state index contributed by atoms with van der Waals surface area (Å²) in [7, 11) is 0. The Labute approximate surface area is 195 Å². The van der Waals surface area contributed by atoms with E-state index >= 15 is 0 Å². The Morgan fingerprint density at radius 3 is 2.24 bits per heavy atom. The number of ether oxygens (including phenoxy) is 1. The van der Waals surface area contributed by atoms with Crippen LogP contribution in [0.1, 0.15) is 42.4 Å². The van der Waals surface area contributed by atoms with E-state index < -0.39 is 5.54 Å². The van der Waals surface area contributed by atoms with Gasteiger partial charge in [-0.1, -0.05) is 67.4 Å². The van der Waals surface area contributed by atoms with Gasteiger partial charge in [0.15, 0.2) is 0 Å². The lowest BCUT2D eigenvalue weighted by Crippen LogP contribution is -2.59. The van der Waals surface area contributed by atoms with Crippen molar-refractivity contribution in [3.8, 4) is 0 Å². The highest BCUT2D eigenvalue weighted by Crippen LogP contribution is 2.30. The highest BCUT2D eigenvalue weighted by molar-refractivity contribution is 5.91. The number of amides is 3. The molecule has 0 bridgehead atoms. The maximum Gasteiger partial charge on any atom is 0.315 e. The molecule has 0 radical (unpaired) electrons. The molecule has 1 aliphatic heterocycles. The molecule has 7 heteroatoms. The summed E-state index contributed by atoms with van der Waals surface area (Å²) in [6, 6.07) is 17.7. The first-order valence-electron chi connectivity index (χ1n) is 11.9. The van der Waals surface area contributed by atoms with E-state index in [1.165, 1.54) is 5.56 Å². The van der Waals surface area contributed by atoms with E-state index in [-0.39, 0.29) is 11.9 Å². The van der Waals surface area contributed by atoms with Crippen LogP contribution in [0.5, 0.6) is 0 Å². The summed E-state index contributed by atoms with van der Waals surface area (Å²) >= 11 is 0. The lowest BCUT2D eigenvalue weighted by molar-refractivity contribution is -0.127. The van der Waals surface area contributed by atoms with Crippen LogP contribution in [0.4, 0.5) is 4.79 Å². The van der Waals surface area contributed by atoms with Crippen molar-refractivity contribution in [1.29, 1.82) is 0 Å². The normalized spacial score (nSPS) is 17.9. The van der Waals surface area contributed by atoms with E-state index in [1.807, 2.05) is 42.5 Å². The van der Waals surface area contributed by atoms with Gasteiger partial charge in [-0.15, -0.1) is 0 Å². The average Bonchev–Trinajstić information content (AvgIpc) is 3.33. The van der Waals surface area contributed by atoms with Crippen LogP contribution in [-0.2, 0) is 29.2 Å². The van der Waals surface area contributed by atoms with Gasteiger partial charge in [-0.05, 0) is 29.5 Å². The molecule has 0 aromatic heterocycles. The third-order valence-corrected chi connectivity index (χ3v) is 6.60. The van der Waals surface area contributed by atoms with Crippen LogP contribution in [0.25, 0.3) is 0 Å². The second kappa shape index (κ2) is 11.3. The Hall–Kier alpha value is -2.90. The number of urea groups is 1. The van der Waals surface area contributed by atoms with Gasteiger partial charge >= 0.3 is 6.03 Å². The third kappa shape index (κ3) is 6.33. The Balaban J connectivity index is 1.34. The molecule has 0 atom stereocenters. The largest absolute Gasteiger partial charge is 0.379 e. The first kappa shape index (κ1) is 23.3. The quantitative estimate of drug-likeness (QED) is 0.578. The van der Waals surface area contributed by atoms with Gasteiger partial charge in [0.2, 0.25) is 5.91 Å². The minimum atomic E-state index is -0.847. The van der Waals surface area contributed by atoms with Crippen molar-refractivity contribution in [2.45, 2.75) is 50.9 Å². The molecule has 7 nitrogen and oxygen atoms in total. The molecule has 4 rings (SSSR count). The van der Waals surface area contributed by atoms with Crippen molar-refractivity contribution in [3.63, 3.8) is 0 Å². The fraction of sp³-hybridized carbons (Fsp3) is 0.462. The molecule has 176 valence electrons. The highest BCUT2D eigenvalue weighted by atomic mass is 16.5. The molecule has 1 saturated carbocycles. The van der Waals surface area contributed by atoms with Gasteiger partial charge in [-0.2, -0.15) is 0 Å². The van der Waals surface area contributed by atoms with Crippen molar-refractivity contribution in [2.24, 2.45) is 0 Å². The molecular weight excluding hydrogens is 416 g/mol. The summed E-state index contributed by atoms with van der Waals surface area (Å²) in [6.45, 7) is 5.10. The maximum atomic E-state index is 13.3. The van der Waals surface area contributed by atoms with Gasteiger partial charge in [-0.25, -0.2) is 4.79 Å². The second-order valence-corrected chi connectivity index (χ2v) is 8.92. The van der Waals surface area contributed by atoms with Gasteiger partial charge in [-0.3, -0.25) is 9.69 Å². The summed E-state index contributed by atoms with van der Waals surface area (Å²) in [5, 5.41) is 9.00. The molecule has 3 amide bonds. The van der Waals surface area contributed by atoms with E-state index in [9.17, 15) is 9.59 Å². The zero-order chi connectivity index (χ0) is 22.9. The van der Waals surface area contributed by atoms with Crippen LogP contribution in [0, 0.1) is 0 Å². The van der Waals surface area contributed by atoms with Crippen LogP contribution >= 0.6 is 0 Å². The number of benzene rings is 2. The molecule has 33 heavy (non-hydrogen) atoms. The number of nitrogens with one attached hydrogen (secondary N) is 3. The first-order valence-corrected chi connectivity index (χ1v) is 11.9. The lowest BCUT2D eigenvalue weighted by Gasteiger charge is -2.30. The Morgan fingerprint density at radius 1 is 0.848 bits per heavy atom. The number of hydrogen-bond donors (Lipinski definition) is 3. The number of morpholine rings is 1. The molecule has 2 fully saturated rings. The van der Waals surface area contributed by atoms with Gasteiger partial charge < -0.3 is 20.7 Å². The van der Waals surface area contributed by atoms with Crippen molar-refractivity contribution in [2.75, 3.05) is 26.3 Å². The fourth-order valence-electron chi connectivity index (χ4n) is 4.66. The third-order valence-electron chi connectivity index (χ3n) is 6.60. The predicted octanol–water partition coefficient (Wildman–Crippen LogP) is 2.95. The lowest BCUT2D eigenvalue weighted by atomic mass is 9.96. The van der Waals surface area contributed by atoms with Crippen LogP contribution < -0.4 is 16.0 Å². The summed E-state index contributed by atoms with van der Waals surface area (Å²) < 4.78 is 5.45. The number of rotatable bonds is 8. The van der Waals surface area contributed by atoms with E-state index in [2.05, 4.69) is 33.0 Å². The summed E-state index contributed by atoms with van der Waals surface area (Å²) in [5.41, 5.74) is 2.50. The van der Waals surface area contributed by atoms with E-state index in [0.717, 1.165) is 56.8 Å². The van der Waals surface area contributed by atoms with E-state index in [1.54, 1.807) is 0 Å². The standard InChI is InChI=1S/C26H34N4O3/c31-24(27-19-22-10-4-5-11-23(22)20-30-14-16-33-17-15-30)26(12-6-7-13-26)29-25(32)28-18-21-8-2-1-3-9-21/h1-5,8-11H,6-7,12-20H2,(H,27,31)(H2,28,29,32). The molecule has 0 unspecified atom stereocenters.